The van der Waals surface area contributed by atoms with E-state index in [2.05, 4.69) is 10.4 Å². The number of carboxylic acid groups (broad SMARTS) is 1. The normalized spacial score (nSPS) is 10.3. The fourth-order valence-electron chi connectivity index (χ4n) is 1.39. The van der Waals surface area contributed by atoms with Gasteiger partial charge in [-0.05, 0) is 6.92 Å². The van der Waals surface area contributed by atoms with Crippen molar-refractivity contribution in [3.8, 4) is 0 Å². The van der Waals surface area contributed by atoms with E-state index in [1.54, 1.807) is 21.1 Å². The third-order valence-electron chi connectivity index (χ3n) is 2.03. The van der Waals surface area contributed by atoms with Crippen LogP contribution in [-0.4, -0.2) is 41.1 Å². The largest absolute Gasteiger partial charge is 0.477 e. The number of anilines is 1. The lowest BCUT2D eigenvalue weighted by molar-refractivity contribution is 0.0697. The summed E-state index contributed by atoms with van der Waals surface area (Å²) < 4.78 is 6.39. The molecule has 0 amide bonds. The molecule has 0 spiro atoms. The third kappa shape index (κ3) is 2.47. The lowest BCUT2D eigenvalue weighted by Crippen LogP contribution is -2.13. The van der Waals surface area contributed by atoms with Gasteiger partial charge in [-0.1, -0.05) is 0 Å². The molecule has 6 nitrogen and oxygen atoms in total. The zero-order valence-electron chi connectivity index (χ0n) is 9.07. The van der Waals surface area contributed by atoms with Crippen molar-refractivity contribution in [1.29, 1.82) is 0 Å². The summed E-state index contributed by atoms with van der Waals surface area (Å²) in [5, 5.41) is 16.0. The minimum atomic E-state index is -0.972. The van der Waals surface area contributed by atoms with Gasteiger partial charge in [-0.25, -0.2) is 4.79 Å². The first-order valence-electron chi connectivity index (χ1n) is 4.57. The highest BCUT2D eigenvalue weighted by atomic mass is 16.5. The van der Waals surface area contributed by atoms with Gasteiger partial charge in [-0.15, -0.1) is 0 Å². The Labute approximate surface area is 87.8 Å². The van der Waals surface area contributed by atoms with Crippen molar-refractivity contribution in [3.63, 3.8) is 0 Å². The maximum atomic E-state index is 11.0. The van der Waals surface area contributed by atoms with Crippen LogP contribution in [0.5, 0.6) is 0 Å². The van der Waals surface area contributed by atoms with E-state index >= 15 is 0 Å². The van der Waals surface area contributed by atoms with Crippen molar-refractivity contribution in [2.45, 2.75) is 6.92 Å². The highest BCUT2D eigenvalue weighted by Crippen LogP contribution is 2.17. The lowest BCUT2D eigenvalue weighted by atomic mass is 10.2. The molecule has 1 aromatic rings. The van der Waals surface area contributed by atoms with E-state index in [1.165, 1.54) is 4.68 Å². The molecule has 0 atom stereocenters. The Balaban J connectivity index is 2.89. The fraction of sp³-hybridized carbons (Fsp3) is 0.556. The predicted molar refractivity (Wildman–Crippen MR) is 55.3 cm³/mol. The molecular weight excluding hydrogens is 198 g/mol. The van der Waals surface area contributed by atoms with Gasteiger partial charge in [-0.2, -0.15) is 5.10 Å². The van der Waals surface area contributed by atoms with Crippen LogP contribution in [0.15, 0.2) is 0 Å². The van der Waals surface area contributed by atoms with Crippen LogP contribution in [0.1, 0.15) is 16.1 Å². The van der Waals surface area contributed by atoms with E-state index in [0.717, 1.165) is 0 Å². The van der Waals surface area contributed by atoms with Gasteiger partial charge in [0, 0.05) is 20.7 Å². The smallest absolute Gasteiger partial charge is 0.341 e. The summed E-state index contributed by atoms with van der Waals surface area (Å²) in [6, 6.07) is 0. The minimum absolute atomic E-state index is 0.216. The molecule has 0 saturated carbocycles. The van der Waals surface area contributed by atoms with E-state index in [-0.39, 0.29) is 5.56 Å². The van der Waals surface area contributed by atoms with Gasteiger partial charge >= 0.3 is 5.97 Å². The zero-order chi connectivity index (χ0) is 11.4. The summed E-state index contributed by atoms with van der Waals surface area (Å²) in [7, 11) is 3.29. The third-order valence-corrected chi connectivity index (χ3v) is 2.03. The first kappa shape index (κ1) is 11.5. The molecule has 0 fully saturated rings. The molecule has 1 heterocycles. The Morgan fingerprint density at radius 1 is 1.67 bits per heavy atom. The second-order valence-corrected chi connectivity index (χ2v) is 3.16. The highest BCUT2D eigenvalue weighted by Gasteiger charge is 2.18. The minimum Gasteiger partial charge on any atom is -0.477 e. The van der Waals surface area contributed by atoms with Crippen molar-refractivity contribution in [2.75, 3.05) is 25.6 Å². The monoisotopic (exact) mass is 213 g/mol. The summed E-state index contributed by atoms with van der Waals surface area (Å²) in [5.74, 6) is -0.461. The second-order valence-electron chi connectivity index (χ2n) is 3.16. The van der Waals surface area contributed by atoms with E-state index in [4.69, 9.17) is 9.84 Å². The Morgan fingerprint density at radius 2 is 2.33 bits per heavy atom. The Hall–Kier alpha value is -1.56. The number of aromatic carboxylic acids is 1. The van der Waals surface area contributed by atoms with Gasteiger partial charge < -0.3 is 15.2 Å². The molecule has 0 radical (unpaired) electrons. The first-order valence-corrected chi connectivity index (χ1v) is 4.57. The Kier molecular flexibility index (Phi) is 3.68. The zero-order valence-corrected chi connectivity index (χ0v) is 9.07. The Bertz CT molecular complexity index is 360. The van der Waals surface area contributed by atoms with E-state index < -0.39 is 5.97 Å². The van der Waals surface area contributed by atoms with Crippen LogP contribution in [-0.2, 0) is 11.8 Å². The van der Waals surface area contributed by atoms with Crippen LogP contribution in [0.2, 0.25) is 0 Å². The number of rotatable bonds is 5. The maximum absolute atomic E-state index is 11.0. The molecule has 6 heteroatoms. The quantitative estimate of drug-likeness (QED) is 0.696. The standard InChI is InChI=1S/C9H15N3O3/c1-6-7(9(13)14)8(12(2)11-6)10-4-5-15-3/h10H,4-5H2,1-3H3,(H,13,14). The number of carboxylic acids is 1. The van der Waals surface area contributed by atoms with Gasteiger partial charge in [0.1, 0.15) is 11.4 Å². The number of carbonyl (C=O) groups is 1. The number of hydrogen-bond donors (Lipinski definition) is 2. The first-order chi connectivity index (χ1) is 7.07. The predicted octanol–water partition coefficient (Wildman–Crippen LogP) is 0.485. The van der Waals surface area contributed by atoms with Crippen LogP contribution in [0.3, 0.4) is 0 Å². The van der Waals surface area contributed by atoms with Crippen molar-refractivity contribution in [2.24, 2.45) is 7.05 Å². The Morgan fingerprint density at radius 3 is 2.87 bits per heavy atom. The molecule has 84 valence electrons. The van der Waals surface area contributed by atoms with Crippen molar-refractivity contribution in [1.82, 2.24) is 9.78 Å². The molecule has 1 aromatic heterocycles. The van der Waals surface area contributed by atoms with Crippen LogP contribution >= 0.6 is 0 Å². The molecule has 0 aliphatic carbocycles. The molecule has 0 unspecified atom stereocenters. The maximum Gasteiger partial charge on any atom is 0.341 e. The molecule has 0 aliphatic heterocycles. The molecule has 0 aromatic carbocycles. The van der Waals surface area contributed by atoms with Crippen LogP contribution in [0.4, 0.5) is 5.82 Å². The molecule has 1 rings (SSSR count). The molecule has 15 heavy (non-hydrogen) atoms. The lowest BCUT2D eigenvalue weighted by Gasteiger charge is -2.06. The number of aryl methyl sites for hydroxylation is 2. The summed E-state index contributed by atoms with van der Waals surface area (Å²) >= 11 is 0. The fourth-order valence-corrected chi connectivity index (χ4v) is 1.39. The van der Waals surface area contributed by atoms with Crippen LogP contribution < -0.4 is 5.32 Å². The number of nitrogens with zero attached hydrogens (tertiary/aromatic N) is 2. The number of methoxy groups -OCH3 is 1. The summed E-state index contributed by atoms with van der Waals surface area (Å²) in [4.78, 5) is 11.0. The molecule has 0 aliphatic rings. The van der Waals surface area contributed by atoms with Gasteiger partial charge in [0.15, 0.2) is 0 Å². The highest BCUT2D eigenvalue weighted by molar-refractivity contribution is 5.94. The van der Waals surface area contributed by atoms with Crippen LogP contribution in [0, 0.1) is 6.92 Å². The average molecular weight is 213 g/mol. The van der Waals surface area contributed by atoms with E-state index in [1.807, 2.05) is 0 Å². The SMILES string of the molecule is COCCNc1c(C(=O)O)c(C)nn1C. The number of aromatic nitrogens is 2. The van der Waals surface area contributed by atoms with Crippen molar-refractivity contribution >= 4 is 11.8 Å². The van der Waals surface area contributed by atoms with Crippen molar-refractivity contribution < 1.29 is 14.6 Å². The number of nitrogens with one attached hydrogen (secondary N) is 1. The van der Waals surface area contributed by atoms with E-state index in [9.17, 15) is 4.79 Å². The van der Waals surface area contributed by atoms with Gasteiger partial charge in [0.2, 0.25) is 0 Å². The molecular formula is C9H15N3O3. The van der Waals surface area contributed by atoms with Gasteiger partial charge in [-0.3, -0.25) is 4.68 Å². The topological polar surface area (TPSA) is 76.4 Å². The van der Waals surface area contributed by atoms with Crippen LogP contribution in [0.25, 0.3) is 0 Å². The number of hydrogen-bond acceptors (Lipinski definition) is 4. The summed E-state index contributed by atoms with van der Waals surface area (Å²) in [6.45, 7) is 2.74. The molecule has 0 saturated heterocycles. The summed E-state index contributed by atoms with van der Waals surface area (Å²) in [5.41, 5.74) is 0.721. The van der Waals surface area contributed by atoms with Crippen molar-refractivity contribution in [3.05, 3.63) is 11.3 Å². The average Bonchev–Trinajstić information content (AvgIpc) is 2.42. The number of ether oxygens (including phenoxy) is 1. The molecule has 2 N–H and O–H groups in total. The second kappa shape index (κ2) is 4.79. The van der Waals surface area contributed by atoms with Gasteiger partial charge in [0.25, 0.3) is 0 Å². The van der Waals surface area contributed by atoms with Gasteiger partial charge in [0.05, 0.1) is 12.3 Å². The van der Waals surface area contributed by atoms with E-state index in [0.29, 0.717) is 24.7 Å². The molecule has 0 bridgehead atoms. The summed E-state index contributed by atoms with van der Waals surface area (Å²) in [6.07, 6.45) is 0.